The standard InChI is InChI=1S/C37H56O12/c1-17(13-19(39)29(44)33(5,6)46)25-27(42)30(45)34(7)22-10-9-21-32(3,4)23(49-31-28(43)26(41)20(40)15-47-31)11-12-36(21)16-37(22,36)14-24(35(25,34)8)48-18(2)38/h10,17,20-21,23-26,28-31,40-41,43-46H,9,11-16H2,1-8H3/t17-,20+,21+,23+,24+,25-,26+,28-,29-,30+,31+,34-,35-,36-,37+/m1/s1. The molecule has 0 aromatic heterocycles. The first-order valence-electron chi connectivity index (χ1n) is 17.9. The van der Waals surface area contributed by atoms with Crippen LogP contribution in [0, 0.1) is 44.8 Å². The lowest BCUT2D eigenvalue weighted by molar-refractivity contribution is -0.301. The highest BCUT2D eigenvalue weighted by Gasteiger charge is 2.85. The van der Waals surface area contributed by atoms with Gasteiger partial charge in [0.05, 0.1) is 18.3 Å². The molecule has 49 heavy (non-hydrogen) atoms. The summed E-state index contributed by atoms with van der Waals surface area (Å²) in [6.45, 7) is 13.7. The summed E-state index contributed by atoms with van der Waals surface area (Å²) in [6.07, 6.45) is -3.92. The van der Waals surface area contributed by atoms with E-state index in [4.69, 9.17) is 14.2 Å². The van der Waals surface area contributed by atoms with E-state index in [9.17, 15) is 45.0 Å². The number of ketones is 2. The highest BCUT2D eigenvalue weighted by molar-refractivity contribution is 5.93. The van der Waals surface area contributed by atoms with Crippen LogP contribution in [0.3, 0.4) is 0 Å². The Morgan fingerprint density at radius 2 is 1.73 bits per heavy atom. The average molecular weight is 693 g/mol. The van der Waals surface area contributed by atoms with Crippen LogP contribution in [0.15, 0.2) is 11.6 Å². The summed E-state index contributed by atoms with van der Waals surface area (Å²) in [6, 6.07) is 0. The number of hydrogen-bond donors (Lipinski definition) is 6. The Morgan fingerprint density at radius 1 is 1.08 bits per heavy atom. The smallest absolute Gasteiger partial charge is 0.302 e. The Hall–Kier alpha value is -1.77. The number of Topliss-reactive ketones (excluding diaryl/α,β-unsaturated/α-hetero) is 2. The first kappa shape index (κ1) is 37.0. The van der Waals surface area contributed by atoms with Gasteiger partial charge in [0.15, 0.2) is 17.9 Å². The predicted octanol–water partition coefficient (Wildman–Crippen LogP) is 1.59. The molecule has 1 heterocycles. The SMILES string of the molecule is CC(=O)O[C@H]1C[C@@]23C[C@@]24CC[C@H](O[C@@H]2OC[C@H](O)[C@H](O)[C@H]2O)C(C)(C)[C@@H]4CC=C3[C@]2(C)[C@@H](O)C(=O)[C@@H]([C@H](C)CC(=O)[C@@H](O)C(C)(C)O)[C@@]12C. The summed E-state index contributed by atoms with van der Waals surface area (Å²) in [5.74, 6) is -2.89. The molecule has 12 heteroatoms. The number of allylic oxidation sites excluding steroid dienone is 1. The second-order valence-corrected chi connectivity index (χ2v) is 17.8. The fourth-order valence-corrected chi connectivity index (χ4v) is 11.9. The van der Waals surface area contributed by atoms with Crippen molar-refractivity contribution >= 4 is 17.5 Å². The molecule has 0 aromatic carbocycles. The zero-order chi connectivity index (χ0) is 36.4. The number of hydrogen-bond acceptors (Lipinski definition) is 12. The van der Waals surface area contributed by atoms with Crippen molar-refractivity contribution in [1.82, 2.24) is 0 Å². The van der Waals surface area contributed by atoms with Crippen LogP contribution in [0.2, 0.25) is 0 Å². The van der Waals surface area contributed by atoms with Gasteiger partial charge in [-0.1, -0.05) is 46.3 Å². The number of aliphatic hydroxyl groups is 6. The Kier molecular flexibility index (Phi) is 8.77. The summed E-state index contributed by atoms with van der Waals surface area (Å²) >= 11 is 0. The highest BCUT2D eigenvalue weighted by Crippen LogP contribution is 2.88. The third-order valence-corrected chi connectivity index (χ3v) is 14.5. The topological polar surface area (TPSA) is 200 Å². The van der Waals surface area contributed by atoms with Crippen LogP contribution in [0.25, 0.3) is 0 Å². The monoisotopic (exact) mass is 692 g/mol. The summed E-state index contributed by atoms with van der Waals surface area (Å²) in [5.41, 5.74) is -3.92. The van der Waals surface area contributed by atoms with Gasteiger partial charge in [-0.15, -0.1) is 0 Å². The first-order chi connectivity index (χ1) is 22.5. The highest BCUT2D eigenvalue weighted by atomic mass is 16.7. The normalized spacial score (nSPS) is 48.2. The Labute approximate surface area is 288 Å². The van der Waals surface area contributed by atoms with Crippen molar-refractivity contribution in [1.29, 1.82) is 0 Å². The van der Waals surface area contributed by atoms with Gasteiger partial charge in [-0.25, -0.2) is 0 Å². The molecule has 0 unspecified atom stereocenters. The lowest BCUT2D eigenvalue weighted by atomic mass is 9.44. The molecule has 1 aliphatic heterocycles. The van der Waals surface area contributed by atoms with Gasteiger partial charge in [0.2, 0.25) is 0 Å². The van der Waals surface area contributed by atoms with E-state index < -0.39 is 99.5 Å². The van der Waals surface area contributed by atoms with Crippen molar-refractivity contribution in [3.63, 3.8) is 0 Å². The van der Waals surface area contributed by atoms with E-state index in [1.165, 1.54) is 20.8 Å². The summed E-state index contributed by atoms with van der Waals surface area (Å²) < 4.78 is 18.1. The van der Waals surface area contributed by atoms with E-state index in [0.29, 0.717) is 19.3 Å². The molecule has 0 bridgehead atoms. The van der Waals surface area contributed by atoms with E-state index in [1.807, 2.05) is 13.8 Å². The minimum Gasteiger partial charge on any atom is -0.462 e. The molecule has 0 aromatic rings. The number of fused-ring (bicyclic) bond motifs is 2. The first-order valence-corrected chi connectivity index (χ1v) is 17.9. The molecular weight excluding hydrogens is 636 g/mol. The molecule has 2 spiro atoms. The van der Waals surface area contributed by atoms with Gasteiger partial charge in [0.1, 0.15) is 36.6 Å². The van der Waals surface area contributed by atoms with Crippen LogP contribution in [-0.4, -0.2) is 109 Å². The van der Waals surface area contributed by atoms with Crippen molar-refractivity contribution in [2.75, 3.05) is 6.61 Å². The van der Waals surface area contributed by atoms with Gasteiger partial charge in [0.25, 0.3) is 0 Å². The lowest BCUT2D eigenvalue weighted by Gasteiger charge is -2.61. The van der Waals surface area contributed by atoms with Crippen molar-refractivity contribution < 1.29 is 59.2 Å². The molecule has 6 aliphatic rings. The third-order valence-electron chi connectivity index (χ3n) is 14.5. The number of carbonyl (C=O) groups excluding carboxylic acids is 3. The molecule has 15 atom stereocenters. The van der Waals surface area contributed by atoms with Crippen LogP contribution in [-0.2, 0) is 28.6 Å². The van der Waals surface area contributed by atoms with Crippen LogP contribution in [0.5, 0.6) is 0 Å². The molecule has 6 N–H and O–H groups in total. The quantitative estimate of drug-likeness (QED) is 0.159. The number of rotatable bonds is 8. The van der Waals surface area contributed by atoms with Crippen molar-refractivity contribution in [3.05, 3.63) is 11.6 Å². The third kappa shape index (κ3) is 4.95. The minimum atomic E-state index is -1.67. The predicted molar refractivity (Wildman–Crippen MR) is 173 cm³/mol. The molecule has 6 rings (SSSR count). The molecule has 5 fully saturated rings. The van der Waals surface area contributed by atoms with Crippen LogP contribution in [0.4, 0.5) is 0 Å². The number of esters is 1. The average Bonchev–Trinajstić information content (AvgIpc) is 3.62. The van der Waals surface area contributed by atoms with Crippen molar-refractivity contribution in [2.24, 2.45) is 44.8 Å². The molecule has 276 valence electrons. The van der Waals surface area contributed by atoms with E-state index in [-0.39, 0.29) is 30.5 Å². The molecule has 0 amide bonds. The second kappa shape index (κ2) is 11.6. The minimum absolute atomic E-state index is 0.106. The van der Waals surface area contributed by atoms with Gasteiger partial charge >= 0.3 is 5.97 Å². The Bertz CT molecular complexity index is 1420. The molecule has 12 nitrogen and oxygen atoms in total. The van der Waals surface area contributed by atoms with E-state index in [2.05, 4.69) is 19.9 Å². The van der Waals surface area contributed by atoms with Crippen LogP contribution in [0.1, 0.15) is 93.9 Å². The molecule has 0 radical (unpaired) electrons. The Balaban J connectivity index is 1.35. The largest absolute Gasteiger partial charge is 0.462 e. The van der Waals surface area contributed by atoms with Gasteiger partial charge in [-0.2, -0.15) is 0 Å². The van der Waals surface area contributed by atoms with Gasteiger partial charge < -0.3 is 44.8 Å². The zero-order valence-corrected chi connectivity index (χ0v) is 30.0. The van der Waals surface area contributed by atoms with E-state index in [0.717, 1.165) is 18.4 Å². The summed E-state index contributed by atoms with van der Waals surface area (Å²) in [5, 5.41) is 63.6. The van der Waals surface area contributed by atoms with Gasteiger partial charge in [-0.3, -0.25) is 14.4 Å². The Morgan fingerprint density at radius 3 is 2.35 bits per heavy atom. The maximum Gasteiger partial charge on any atom is 0.302 e. The fourth-order valence-electron chi connectivity index (χ4n) is 11.9. The van der Waals surface area contributed by atoms with E-state index in [1.54, 1.807) is 6.92 Å². The number of aliphatic hydroxyl groups excluding tert-OH is 5. The van der Waals surface area contributed by atoms with Gasteiger partial charge in [0, 0.05) is 35.5 Å². The van der Waals surface area contributed by atoms with Crippen LogP contribution >= 0.6 is 0 Å². The van der Waals surface area contributed by atoms with Crippen molar-refractivity contribution in [3.8, 4) is 0 Å². The molecule has 4 saturated carbocycles. The maximum atomic E-state index is 14.3. The number of carbonyl (C=O) groups is 3. The fraction of sp³-hybridized carbons (Fsp3) is 0.865. The molecule has 5 aliphatic carbocycles. The van der Waals surface area contributed by atoms with E-state index >= 15 is 0 Å². The van der Waals surface area contributed by atoms with Gasteiger partial charge in [-0.05, 0) is 68.6 Å². The zero-order valence-electron chi connectivity index (χ0n) is 30.0. The summed E-state index contributed by atoms with van der Waals surface area (Å²) in [7, 11) is 0. The second-order valence-electron chi connectivity index (χ2n) is 17.8. The maximum absolute atomic E-state index is 14.3. The summed E-state index contributed by atoms with van der Waals surface area (Å²) in [4.78, 5) is 40.1. The lowest BCUT2D eigenvalue weighted by Crippen LogP contribution is -2.61. The molecular formula is C37H56O12. The van der Waals surface area contributed by atoms with Crippen LogP contribution < -0.4 is 0 Å². The number of ether oxygens (including phenoxy) is 3. The van der Waals surface area contributed by atoms with Crippen molar-refractivity contribution in [2.45, 2.75) is 149 Å². The molecule has 1 saturated heterocycles.